The molecule has 9 heteroatoms. The lowest BCUT2D eigenvalue weighted by Gasteiger charge is -2.36. The number of anilines is 1. The lowest BCUT2D eigenvalue weighted by Crippen LogP contribution is -2.49. The summed E-state index contributed by atoms with van der Waals surface area (Å²) < 4.78 is 49.4. The van der Waals surface area contributed by atoms with Gasteiger partial charge in [0.25, 0.3) is 5.91 Å². The predicted molar refractivity (Wildman–Crippen MR) is 117 cm³/mol. The molecule has 5 rings (SSSR count). The third kappa shape index (κ3) is 3.61. The van der Waals surface area contributed by atoms with Gasteiger partial charge in [0.15, 0.2) is 11.6 Å². The Kier molecular flexibility index (Phi) is 5.26. The maximum Gasteiger partial charge on any atom is 0.259 e. The molecule has 0 spiro atoms. The molecule has 0 atom stereocenters. The number of methoxy groups -OCH3 is 1. The zero-order valence-electron chi connectivity index (χ0n) is 18.0. The average Bonchev–Trinajstić information content (AvgIpc) is 3.66. The highest BCUT2D eigenvalue weighted by molar-refractivity contribution is 5.98. The zero-order valence-corrected chi connectivity index (χ0v) is 18.0. The van der Waals surface area contributed by atoms with Crippen LogP contribution in [-0.2, 0) is 0 Å². The third-order valence-electron chi connectivity index (χ3n) is 6.30. The molecule has 2 aliphatic rings. The molecule has 2 fully saturated rings. The molecule has 1 aliphatic carbocycles. The first-order valence-electron chi connectivity index (χ1n) is 10.8. The van der Waals surface area contributed by atoms with Crippen LogP contribution in [0.4, 0.5) is 18.9 Å². The molecule has 172 valence electrons. The van der Waals surface area contributed by atoms with Gasteiger partial charge in [-0.25, -0.2) is 8.78 Å². The monoisotopic (exact) mass is 457 g/mol. The Morgan fingerprint density at radius 3 is 2.36 bits per heavy atom. The SMILES string of the molecule is COc1c(F)c(F)cc2c(=O)c(C(=O)N3CCN(c4ccccc4F)CC3)cn(C3CC3)c12. The molecule has 1 amide bonds. The number of piperazine rings is 1. The van der Waals surface area contributed by atoms with E-state index in [9.17, 15) is 22.8 Å². The van der Waals surface area contributed by atoms with Crippen LogP contribution in [0.15, 0.2) is 41.3 Å². The van der Waals surface area contributed by atoms with E-state index >= 15 is 0 Å². The van der Waals surface area contributed by atoms with Gasteiger partial charge in [-0.3, -0.25) is 9.59 Å². The highest BCUT2D eigenvalue weighted by Crippen LogP contribution is 2.40. The molecular weight excluding hydrogens is 435 g/mol. The van der Waals surface area contributed by atoms with Crippen LogP contribution in [0, 0.1) is 17.5 Å². The van der Waals surface area contributed by atoms with Crippen molar-refractivity contribution in [3.8, 4) is 5.75 Å². The summed E-state index contributed by atoms with van der Waals surface area (Å²) in [5.74, 6) is -3.52. The molecule has 0 N–H and O–H groups in total. The van der Waals surface area contributed by atoms with Gasteiger partial charge in [0.05, 0.1) is 23.7 Å². The molecule has 0 radical (unpaired) electrons. The zero-order chi connectivity index (χ0) is 23.3. The number of hydrogen-bond acceptors (Lipinski definition) is 4. The molecule has 1 aliphatic heterocycles. The Bertz CT molecular complexity index is 1310. The van der Waals surface area contributed by atoms with E-state index in [0.29, 0.717) is 31.9 Å². The highest BCUT2D eigenvalue weighted by Gasteiger charge is 2.32. The maximum atomic E-state index is 14.4. The van der Waals surface area contributed by atoms with Crippen molar-refractivity contribution in [2.45, 2.75) is 18.9 Å². The fourth-order valence-electron chi connectivity index (χ4n) is 4.44. The van der Waals surface area contributed by atoms with Crippen molar-refractivity contribution >= 4 is 22.5 Å². The highest BCUT2D eigenvalue weighted by atomic mass is 19.2. The Labute approximate surface area is 187 Å². The Hall–Kier alpha value is -3.49. The van der Waals surface area contributed by atoms with E-state index in [0.717, 1.165) is 18.9 Å². The Morgan fingerprint density at radius 2 is 1.73 bits per heavy atom. The fraction of sp³-hybridized carbons (Fsp3) is 0.333. The van der Waals surface area contributed by atoms with Crippen LogP contribution in [0.25, 0.3) is 10.9 Å². The second kappa shape index (κ2) is 8.13. The van der Waals surface area contributed by atoms with Crippen LogP contribution < -0.4 is 15.1 Å². The van der Waals surface area contributed by atoms with Crippen LogP contribution in [0.1, 0.15) is 29.2 Å². The molecule has 2 heterocycles. The number of halogens is 3. The molecular formula is C24H22F3N3O3. The van der Waals surface area contributed by atoms with Gasteiger partial charge in [0.2, 0.25) is 11.2 Å². The van der Waals surface area contributed by atoms with E-state index in [4.69, 9.17) is 4.74 Å². The second-order valence-electron chi connectivity index (χ2n) is 8.34. The number of carbonyl (C=O) groups is 1. The van der Waals surface area contributed by atoms with Crippen molar-refractivity contribution in [3.63, 3.8) is 0 Å². The molecule has 2 aromatic carbocycles. The molecule has 1 saturated carbocycles. The van der Waals surface area contributed by atoms with Gasteiger partial charge in [-0.2, -0.15) is 4.39 Å². The van der Waals surface area contributed by atoms with Gasteiger partial charge in [-0.15, -0.1) is 0 Å². The van der Waals surface area contributed by atoms with Crippen LogP contribution in [-0.4, -0.2) is 48.7 Å². The first-order valence-corrected chi connectivity index (χ1v) is 10.8. The maximum absolute atomic E-state index is 14.4. The number of benzene rings is 2. The van der Waals surface area contributed by atoms with Gasteiger partial charge >= 0.3 is 0 Å². The number of aromatic nitrogens is 1. The largest absolute Gasteiger partial charge is 0.491 e. The summed E-state index contributed by atoms with van der Waals surface area (Å²) in [6.07, 6.45) is 3.04. The molecule has 1 saturated heterocycles. The summed E-state index contributed by atoms with van der Waals surface area (Å²) in [5, 5.41) is -0.0894. The summed E-state index contributed by atoms with van der Waals surface area (Å²) in [6, 6.07) is 7.26. The summed E-state index contributed by atoms with van der Waals surface area (Å²) in [7, 11) is 1.22. The molecule has 1 aromatic heterocycles. The standard InChI is InChI=1S/C24H22F3N3O3/c1-33-23-20(27)18(26)12-15-21(23)30(14-6-7-14)13-16(22(15)31)24(32)29-10-8-28(9-11-29)19-5-3-2-4-17(19)25/h2-5,12-14H,6-11H2,1H3. The summed E-state index contributed by atoms with van der Waals surface area (Å²) in [4.78, 5) is 29.9. The van der Waals surface area contributed by atoms with Crippen molar-refractivity contribution in [2.75, 3.05) is 38.2 Å². The van der Waals surface area contributed by atoms with Crippen molar-refractivity contribution in [2.24, 2.45) is 0 Å². The van der Waals surface area contributed by atoms with Crippen LogP contribution >= 0.6 is 0 Å². The summed E-state index contributed by atoms with van der Waals surface area (Å²) in [6.45, 7) is 1.42. The number of para-hydroxylation sites is 1. The third-order valence-corrected chi connectivity index (χ3v) is 6.30. The van der Waals surface area contributed by atoms with Crippen LogP contribution in [0.5, 0.6) is 5.75 Å². The number of nitrogens with zero attached hydrogens (tertiary/aromatic N) is 3. The van der Waals surface area contributed by atoms with Gasteiger partial charge < -0.3 is 19.1 Å². The number of hydrogen-bond donors (Lipinski definition) is 0. The minimum Gasteiger partial charge on any atom is -0.491 e. The van der Waals surface area contributed by atoms with Gasteiger partial charge in [0.1, 0.15) is 11.4 Å². The van der Waals surface area contributed by atoms with Crippen molar-refractivity contribution in [3.05, 3.63) is 69.8 Å². The van der Waals surface area contributed by atoms with E-state index in [2.05, 4.69) is 0 Å². The smallest absolute Gasteiger partial charge is 0.259 e. The minimum absolute atomic E-state index is 0.0173. The van der Waals surface area contributed by atoms with Crippen molar-refractivity contribution in [1.29, 1.82) is 0 Å². The molecule has 3 aromatic rings. The minimum atomic E-state index is -1.21. The van der Waals surface area contributed by atoms with E-state index in [-0.39, 0.29) is 34.1 Å². The molecule has 0 unspecified atom stereocenters. The second-order valence-corrected chi connectivity index (χ2v) is 8.34. The summed E-state index contributed by atoms with van der Waals surface area (Å²) >= 11 is 0. The topological polar surface area (TPSA) is 54.8 Å². The number of carbonyl (C=O) groups excluding carboxylic acids is 1. The van der Waals surface area contributed by atoms with E-state index < -0.39 is 23.0 Å². The van der Waals surface area contributed by atoms with Gasteiger partial charge in [0, 0.05) is 38.4 Å². The molecule has 33 heavy (non-hydrogen) atoms. The number of ether oxygens (including phenoxy) is 1. The van der Waals surface area contributed by atoms with Crippen molar-refractivity contribution in [1.82, 2.24) is 9.47 Å². The number of amides is 1. The first kappa shape index (κ1) is 21.4. The Morgan fingerprint density at radius 1 is 1.03 bits per heavy atom. The van der Waals surface area contributed by atoms with E-state index in [1.54, 1.807) is 22.8 Å². The Balaban J connectivity index is 1.50. The van der Waals surface area contributed by atoms with Crippen LogP contribution in [0.3, 0.4) is 0 Å². The molecule has 6 nitrogen and oxygen atoms in total. The van der Waals surface area contributed by atoms with E-state index in [1.807, 2.05) is 4.90 Å². The quantitative estimate of drug-likeness (QED) is 0.599. The number of fused-ring (bicyclic) bond motifs is 1. The number of pyridine rings is 1. The van der Waals surface area contributed by atoms with Gasteiger partial charge in [-0.05, 0) is 31.0 Å². The van der Waals surface area contributed by atoms with Gasteiger partial charge in [-0.1, -0.05) is 12.1 Å². The number of rotatable bonds is 4. The normalized spacial score (nSPS) is 16.4. The predicted octanol–water partition coefficient (Wildman–Crippen LogP) is 3.72. The average molecular weight is 457 g/mol. The lowest BCUT2D eigenvalue weighted by molar-refractivity contribution is 0.0744. The lowest BCUT2D eigenvalue weighted by atomic mass is 10.1. The summed E-state index contributed by atoms with van der Waals surface area (Å²) in [5.41, 5.74) is -0.136. The fourth-order valence-corrected chi connectivity index (χ4v) is 4.44. The van der Waals surface area contributed by atoms with Crippen LogP contribution in [0.2, 0.25) is 0 Å². The first-order chi connectivity index (χ1) is 15.9. The van der Waals surface area contributed by atoms with Crippen molar-refractivity contribution < 1.29 is 22.7 Å². The van der Waals surface area contributed by atoms with E-state index in [1.165, 1.54) is 24.3 Å². The molecule has 0 bridgehead atoms.